The summed E-state index contributed by atoms with van der Waals surface area (Å²) in [5.41, 5.74) is -0.103. The summed E-state index contributed by atoms with van der Waals surface area (Å²) < 4.78 is 17.3. The number of hydrogen-bond donors (Lipinski definition) is 0. The van der Waals surface area contributed by atoms with Crippen molar-refractivity contribution < 1.29 is 33.4 Å². The van der Waals surface area contributed by atoms with Gasteiger partial charge >= 0.3 is 18.0 Å². The van der Waals surface area contributed by atoms with Crippen LogP contribution in [0, 0.1) is 0 Å². The fourth-order valence-corrected chi connectivity index (χ4v) is 4.94. The fraction of sp³-hybridized carbons (Fsp3) is 0.346. The number of hydrogen-bond acceptors (Lipinski definition) is 8. The highest BCUT2D eigenvalue weighted by Crippen LogP contribution is 2.40. The summed E-state index contributed by atoms with van der Waals surface area (Å²) in [7, 11) is 0. The first-order valence-corrected chi connectivity index (χ1v) is 12.6. The van der Waals surface area contributed by atoms with E-state index in [9.17, 15) is 14.4 Å². The van der Waals surface area contributed by atoms with E-state index in [1.54, 1.807) is 12.1 Å². The van der Waals surface area contributed by atoms with Gasteiger partial charge in [-0.05, 0) is 42.0 Å². The average molecular weight is 547 g/mol. The summed E-state index contributed by atoms with van der Waals surface area (Å²) in [5, 5.41) is 1.99. The Hall–Kier alpha value is -3.27. The molecule has 3 aliphatic heterocycles. The summed E-state index contributed by atoms with van der Waals surface area (Å²) in [6, 6.07) is 14.8. The zero-order chi connectivity index (χ0) is 26.0. The third-order valence-electron chi connectivity index (χ3n) is 6.65. The van der Waals surface area contributed by atoms with Gasteiger partial charge in [0.05, 0.1) is 0 Å². The van der Waals surface area contributed by atoms with E-state index in [1.165, 1.54) is 0 Å². The Morgan fingerprint density at radius 1 is 0.919 bits per heavy atom. The van der Waals surface area contributed by atoms with Crippen LogP contribution in [0.4, 0.5) is 4.79 Å². The Labute approximate surface area is 223 Å². The van der Waals surface area contributed by atoms with E-state index in [0.717, 1.165) is 22.8 Å². The van der Waals surface area contributed by atoms with Gasteiger partial charge in [0.25, 0.3) is 6.23 Å². The quantitative estimate of drug-likeness (QED) is 0.481. The molecule has 37 heavy (non-hydrogen) atoms. The van der Waals surface area contributed by atoms with Crippen LogP contribution in [0.5, 0.6) is 5.75 Å². The van der Waals surface area contributed by atoms with Crippen molar-refractivity contribution >= 4 is 41.2 Å². The molecule has 2 aromatic carbocycles. The molecule has 0 aliphatic carbocycles. The maximum absolute atomic E-state index is 12.4. The first kappa shape index (κ1) is 25.4. The van der Waals surface area contributed by atoms with Gasteiger partial charge in [-0.25, -0.2) is 14.4 Å². The third-order valence-corrected chi connectivity index (χ3v) is 7.15. The number of piperidine rings is 1. The Morgan fingerprint density at radius 3 is 2.22 bits per heavy atom. The Morgan fingerprint density at radius 2 is 1.54 bits per heavy atom. The lowest BCUT2D eigenvalue weighted by Crippen LogP contribution is -2.54. The second-order valence-electron chi connectivity index (χ2n) is 9.03. The van der Waals surface area contributed by atoms with Crippen LogP contribution in [-0.2, 0) is 23.9 Å². The number of likely N-dealkylation sites (tertiary alicyclic amines) is 1. The molecule has 2 atom stereocenters. The monoisotopic (exact) mass is 546 g/mol. The number of amides is 1. The molecule has 0 saturated carbocycles. The molecule has 3 heterocycles. The minimum absolute atomic E-state index is 0.230. The molecule has 0 radical (unpaired) electrons. The standard InChI is InChI=1S/C26H24Cl2N2O7/c27-18-3-1-17(2-4-18)21(34-20-7-5-19(28)6-8-20)11-14-29-15-12-26(13-16-29)24-30(25(33)36-26)37-23(32)10-9-22(31)35-24/h1-10,21,24H,11-16H2/b10-9+/t21-,24?/m0/s1. The van der Waals surface area contributed by atoms with Gasteiger partial charge in [-0.1, -0.05) is 40.4 Å². The van der Waals surface area contributed by atoms with E-state index in [1.807, 2.05) is 36.4 Å². The summed E-state index contributed by atoms with van der Waals surface area (Å²) in [5.74, 6) is -0.881. The predicted octanol–water partition coefficient (Wildman–Crippen LogP) is 4.69. The minimum atomic E-state index is -1.14. The van der Waals surface area contributed by atoms with Gasteiger partial charge in [0, 0.05) is 61.1 Å². The van der Waals surface area contributed by atoms with Crippen LogP contribution in [0.2, 0.25) is 10.0 Å². The van der Waals surface area contributed by atoms with Gasteiger partial charge in [-0.15, -0.1) is 0 Å². The number of carbonyl (C=O) groups is 3. The molecular weight excluding hydrogens is 523 g/mol. The molecule has 0 N–H and O–H groups in total. The van der Waals surface area contributed by atoms with Gasteiger partial charge < -0.3 is 23.9 Å². The van der Waals surface area contributed by atoms with Crippen molar-refractivity contribution in [3.63, 3.8) is 0 Å². The average Bonchev–Trinajstić information content (AvgIpc) is 3.11. The highest BCUT2D eigenvalue weighted by Gasteiger charge is 2.59. The van der Waals surface area contributed by atoms with Crippen LogP contribution < -0.4 is 4.74 Å². The molecule has 5 rings (SSSR count). The fourth-order valence-electron chi connectivity index (χ4n) is 4.68. The van der Waals surface area contributed by atoms with E-state index in [4.69, 9.17) is 42.3 Å². The molecule has 2 aromatic rings. The van der Waals surface area contributed by atoms with E-state index in [0.29, 0.717) is 54.7 Å². The number of rotatable bonds is 6. The van der Waals surface area contributed by atoms with Crippen molar-refractivity contribution in [1.29, 1.82) is 0 Å². The number of ether oxygens (including phenoxy) is 3. The smallest absolute Gasteiger partial charge is 0.447 e. The van der Waals surface area contributed by atoms with Gasteiger partial charge in [0.2, 0.25) is 0 Å². The second-order valence-corrected chi connectivity index (χ2v) is 9.91. The van der Waals surface area contributed by atoms with Crippen molar-refractivity contribution in [3.05, 3.63) is 76.3 Å². The van der Waals surface area contributed by atoms with E-state index in [2.05, 4.69) is 4.90 Å². The molecule has 1 spiro atoms. The zero-order valence-corrected chi connectivity index (χ0v) is 21.2. The molecule has 3 aliphatic rings. The number of halogens is 2. The van der Waals surface area contributed by atoms with Crippen molar-refractivity contribution in [3.8, 4) is 5.75 Å². The maximum Gasteiger partial charge on any atom is 0.447 e. The maximum atomic E-state index is 12.4. The Kier molecular flexibility index (Phi) is 7.28. The van der Waals surface area contributed by atoms with Crippen molar-refractivity contribution in [2.45, 2.75) is 37.2 Å². The summed E-state index contributed by atoms with van der Waals surface area (Å²) in [6.45, 7) is 1.86. The molecule has 2 saturated heterocycles. The lowest BCUT2D eigenvalue weighted by molar-refractivity contribution is -0.222. The van der Waals surface area contributed by atoms with Gasteiger partial charge in [-0.3, -0.25) is 0 Å². The molecule has 194 valence electrons. The Bertz CT molecular complexity index is 1190. The van der Waals surface area contributed by atoms with Crippen molar-refractivity contribution in [2.75, 3.05) is 19.6 Å². The predicted molar refractivity (Wildman–Crippen MR) is 133 cm³/mol. The number of carbonyl (C=O) groups excluding carboxylic acids is 3. The van der Waals surface area contributed by atoms with Gasteiger partial charge in [0.15, 0.2) is 5.60 Å². The number of nitrogens with zero attached hydrogens (tertiary/aromatic N) is 2. The highest BCUT2D eigenvalue weighted by atomic mass is 35.5. The number of hydroxylamine groups is 2. The first-order valence-electron chi connectivity index (χ1n) is 11.8. The van der Waals surface area contributed by atoms with Gasteiger partial charge in [0.1, 0.15) is 11.9 Å². The summed E-state index contributed by atoms with van der Waals surface area (Å²) in [6.07, 6.45) is 1.14. The van der Waals surface area contributed by atoms with Crippen LogP contribution in [-0.4, -0.2) is 59.5 Å². The lowest BCUT2D eigenvalue weighted by Gasteiger charge is -2.40. The first-order chi connectivity index (χ1) is 17.8. The van der Waals surface area contributed by atoms with Crippen LogP contribution in [0.25, 0.3) is 0 Å². The number of esters is 1. The summed E-state index contributed by atoms with van der Waals surface area (Å²) >= 11 is 12.1. The molecular formula is C26H24Cl2N2O7. The molecule has 0 aromatic heterocycles. The van der Waals surface area contributed by atoms with E-state index >= 15 is 0 Å². The summed E-state index contributed by atoms with van der Waals surface area (Å²) in [4.78, 5) is 43.6. The minimum Gasteiger partial charge on any atom is -0.486 e. The molecule has 11 heteroatoms. The normalized spacial score (nSPS) is 22.8. The molecule has 0 bridgehead atoms. The van der Waals surface area contributed by atoms with Crippen molar-refractivity contribution in [2.24, 2.45) is 0 Å². The van der Waals surface area contributed by atoms with Crippen LogP contribution in [0.1, 0.15) is 30.9 Å². The highest BCUT2D eigenvalue weighted by molar-refractivity contribution is 6.30. The molecule has 9 nitrogen and oxygen atoms in total. The van der Waals surface area contributed by atoms with Crippen LogP contribution in [0.15, 0.2) is 60.7 Å². The second kappa shape index (κ2) is 10.6. The van der Waals surface area contributed by atoms with E-state index in [-0.39, 0.29) is 6.10 Å². The Balaban J connectivity index is 1.24. The van der Waals surface area contributed by atoms with Crippen LogP contribution in [0.3, 0.4) is 0 Å². The van der Waals surface area contributed by atoms with Gasteiger partial charge in [-0.2, -0.15) is 0 Å². The molecule has 1 amide bonds. The largest absolute Gasteiger partial charge is 0.486 e. The molecule has 1 unspecified atom stereocenters. The number of benzene rings is 2. The van der Waals surface area contributed by atoms with Crippen molar-refractivity contribution in [1.82, 2.24) is 9.96 Å². The zero-order valence-electron chi connectivity index (χ0n) is 19.7. The lowest BCUT2D eigenvalue weighted by atomic mass is 9.89. The third kappa shape index (κ3) is 5.69. The van der Waals surface area contributed by atoms with E-state index < -0.39 is 29.9 Å². The topological polar surface area (TPSA) is 94.6 Å². The van der Waals surface area contributed by atoms with Crippen LogP contribution >= 0.6 is 23.2 Å². The SMILES string of the molecule is O=C1/C=C/C(=O)ON2C(=O)OC3(CCN(CC[C@H](Oc4ccc(Cl)cc4)c4ccc(Cl)cc4)CC3)C2O1. The molecule has 2 fully saturated rings. The number of fused-ring (bicyclic) bond motifs is 2.